The lowest BCUT2D eigenvalue weighted by Crippen LogP contribution is -2.31. The number of rotatable bonds is 3. The molecule has 0 spiro atoms. The Bertz CT molecular complexity index is 319. The molecule has 0 bridgehead atoms. The molecule has 14 heavy (non-hydrogen) atoms. The Morgan fingerprint density at radius 3 is 2.50 bits per heavy atom. The summed E-state index contributed by atoms with van der Waals surface area (Å²) in [5, 5.41) is 11.3. The van der Waals surface area contributed by atoms with E-state index >= 15 is 0 Å². The van der Waals surface area contributed by atoms with Crippen LogP contribution >= 0.6 is 0 Å². The summed E-state index contributed by atoms with van der Waals surface area (Å²) >= 11 is 0. The van der Waals surface area contributed by atoms with Gasteiger partial charge in [0, 0.05) is 0 Å². The molecular formula is C10H14N2O2. The van der Waals surface area contributed by atoms with Crippen molar-refractivity contribution in [3.8, 4) is 5.75 Å². The highest BCUT2D eigenvalue weighted by molar-refractivity contribution is 5.84. The quantitative estimate of drug-likeness (QED) is 0.331. The second-order valence-electron chi connectivity index (χ2n) is 3.10. The summed E-state index contributed by atoms with van der Waals surface area (Å²) in [6, 6.07) is 7.57. The number of benzene rings is 1. The fourth-order valence-corrected chi connectivity index (χ4v) is 0.963. The zero-order valence-corrected chi connectivity index (χ0v) is 8.27. The van der Waals surface area contributed by atoms with Crippen molar-refractivity contribution < 1.29 is 9.94 Å². The fourth-order valence-electron chi connectivity index (χ4n) is 0.963. The van der Waals surface area contributed by atoms with Crippen LogP contribution in [0.5, 0.6) is 5.75 Å². The standard InChI is InChI=1S/C10H14N2O2/c1-7-3-5-9(6-4-7)14-8(2)10(11)12-13/h3-6,8,13H,1-2H3,(H2,11,12). The predicted octanol–water partition coefficient (Wildman–Crippen LogP) is 1.51. The SMILES string of the molecule is Cc1ccc(OC(C)/C(N)=N/O)cc1. The minimum Gasteiger partial charge on any atom is -0.483 e. The van der Waals surface area contributed by atoms with Crippen LogP contribution in [0, 0.1) is 6.92 Å². The lowest BCUT2D eigenvalue weighted by atomic mass is 10.2. The molecule has 1 aromatic carbocycles. The average Bonchev–Trinajstić information content (AvgIpc) is 2.20. The molecule has 0 amide bonds. The summed E-state index contributed by atoms with van der Waals surface area (Å²) in [6.45, 7) is 3.71. The molecule has 0 saturated carbocycles. The summed E-state index contributed by atoms with van der Waals surface area (Å²) in [7, 11) is 0. The minimum atomic E-state index is -0.428. The van der Waals surface area contributed by atoms with Crippen LogP contribution in [0.15, 0.2) is 29.4 Å². The Balaban J connectivity index is 2.65. The number of amidine groups is 1. The highest BCUT2D eigenvalue weighted by atomic mass is 16.5. The smallest absolute Gasteiger partial charge is 0.180 e. The summed E-state index contributed by atoms with van der Waals surface area (Å²) in [5.74, 6) is 0.764. The summed E-state index contributed by atoms with van der Waals surface area (Å²) in [6.07, 6.45) is -0.428. The summed E-state index contributed by atoms with van der Waals surface area (Å²) in [4.78, 5) is 0. The monoisotopic (exact) mass is 194 g/mol. The summed E-state index contributed by atoms with van der Waals surface area (Å²) in [5.41, 5.74) is 6.53. The molecule has 0 aliphatic carbocycles. The van der Waals surface area contributed by atoms with Gasteiger partial charge in [-0.25, -0.2) is 0 Å². The van der Waals surface area contributed by atoms with Gasteiger partial charge in [-0.2, -0.15) is 0 Å². The second kappa shape index (κ2) is 4.50. The predicted molar refractivity (Wildman–Crippen MR) is 54.7 cm³/mol. The van der Waals surface area contributed by atoms with E-state index in [1.54, 1.807) is 6.92 Å². The van der Waals surface area contributed by atoms with Crippen molar-refractivity contribution >= 4 is 5.84 Å². The molecule has 4 heteroatoms. The maximum absolute atomic E-state index is 8.41. The highest BCUT2D eigenvalue weighted by Gasteiger charge is 2.08. The van der Waals surface area contributed by atoms with Gasteiger partial charge >= 0.3 is 0 Å². The van der Waals surface area contributed by atoms with Gasteiger partial charge in [-0.05, 0) is 26.0 Å². The van der Waals surface area contributed by atoms with E-state index in [0.717, 1.165) is 5.56 Å². The number of hydrogen-bond acceptors (Lipinski definition) is 3. The first-order chi connectivity index (χ1) is 6.63. The van der Waals surface area contributed by atoms with Gasteiger partial charge in [-0.3, -0.25) is 0 Å². The summed E-state index contributed by atoms with van der Waals surface area (Å²) < 4.78 is 5.41. The third kappa shape index (κ3) is 2.65. The van der Waals surface area contributed by atoms with Crippen molar-refractivity contribution in [3.05, 3.63) is 29.8 Å². The number of aryl methyl sites for hydroxylation is 1. The van der Waals surface area contributed by atoms with E-state index in [-0.39, 0.29) is 5.84 Å². The molecule has 0 fully saturated rings. The average molecular weight is 194 g/mol. The molecule has 1 unspecified atom stereocenters. The van der Waals surface area contributed by atoms with Gasteiger partial charge in [0.15, 0.2) is 11.9 Å². The molecule has 76 valence electrons. The van der Waals surface area contributed by atoms with E-state index in [0.29, 0.717) is 5.75 Å². The zero-order chi connectivity index (χ0) is 10.6. The van der Waals surface area contributed by atoms with Crippen LogP contribution in [0.3, 0.4) is 0 Å². The van der Waals surface area contributed by atoms with Crippen molar-refractivity contribution in [2.24, 2.45) is 10.9 Å². The lowest BCUT2D eigenvalue weighted by Gasteiger charge is -2.12. The van der Waals surface area contributed by atoms with Crippen LogP contribution in [-0.4, -0.2) is 17.1 Å². The van der Waals surface area contributed by atoms with Gasteiger partial charge in [0.05, 0.1) is 0 Å². The van der Waals surface area contributed by atoms with E-state index in [4.69, 9.17) is 15.7 Å². The maximum atomic E-state index is 8.41. The first kappa shape index (κ1) is 10.4. The Morgan fingerprint density at radius 1 is 1.43 bits per heavy atom. The number of hydrogen-bond donors (Lipinski definition) is 2. The van der Waals surface area contributed by atoms with Crippen LogP contribution in [0.1, 0.15) is 12.5 Å². The fraction of sp³-hybridized carbons (Fsp3) is 0.300. The van der Waals surface area contributed by atoms with Crippen LogP contribution in [0.4, 0.5) is 0 Å². The molecule has 3 N–H and O–H groups in total. The molecule has 0 aliphatic rings. The van der Waals surface area contributed by atoms with Crippen molar-refractivity contribution in [1.82, 2.24) is 0 Å². The van der Waals surface area contributed by atoms with Gasteiger partial charge in [0.1, 0.15) is 5.75 Å². The van der Waals surface area contributed by atoms with E-state index in [2.05, 4.69) is 5.16 Å². The van der Waals surface area contributed by atoms with Crippen LogP contribution < -0.4 is 10.5 Å². The molecule has 1 rings (SSSR count). The first-order valence-corrected chi connectivity index (χ1v) is 4.34. The number of ether oxygens (including phenoxy) is 1. The van der Waals surface area contributed by atoms with Gasteiger partial charge < -0.3 is 15.7 Å². The topological polar surface area (TPSA) is 67.8 Å². The van der Waals surface area contributed by atoms with Gasteiger partial charge in [-0.1, -0.05) is 22.9 Å². The van der Waals surface area contributed by atoms with E-state index in [1.807, 2.05) is 31.2 Å². The molecule has 1 aromatic rings. The van der Waals surface area contributed by atoms with Crippen molar-refractivity contribution in [2.45, 2.75) is 20.0 Å². The van der Waals surface area contributed by atoms with E-state index in [1.165, 1.54) is 0 Å². The molecule has 4 nitrogen and oxygen atoms in total. The third-order valence-electron chi connectivity index (χ3n) is 1.87. The number of oxime groups is 1. The Hall–Kier alpha value is -1.71. The molecule has 0 aliphatic heterocycles. The maximum Gasteiger partial charge on any atom is 0.180 e. The molecule has 0 aromatic heterocycles. The van der Waals surface area contributed by atoms with E-state index in [9.17, 15) is 0 Å². The lowest BCUT2D eigenvalue weighted by molar-refractivity contribution is 0.265. The Labute approximate surface area is 83.0 Å². The normalized spacial score (nSPS) is 13.7. The zero-order valence-electron chi connectivity index (χ0n) is 8.27. The van der Waals surface area contributed by atoms with Crippen LogP contribution in [0.25, 0.3) is 0 Å². The van der Waals surface area contributed by atoms with Crippen molar-refractivity contribution in [1.29, 1.82) is 0 Å². The molecule has 1 atom stereocenters. The van der Waals surface area contributed by atoms with Gasteiger partial charge in [0.2, 0.25) is 0 Å². The number of nitrogens with zero attached hydrogens (tertiary/aromatic N) is 1. The first-order valence-electron chi connectivity index (χ1n) is 4.34. The largest absolute Gasteiger partial charge is 0.483 e. The molecule has 0 radical (unpaired) electrons. The Morgan fingerprint density at radius 2 is 2.00 bits per heavy atom. The second-order valence-corrected chi connectivity index (χ2v) is 3.10. The van der Waals surface area contributed by atoms with Gasteiger partial charge in [-0.15, -0.1) is 0 Å². The van der Waals surface area contributed by atoms with Crippen LogP contribution in [-0.2, 0) is 0 Å². The van der Waals surface area contributed by atoms with Crippen molar-refractivity contribution in [2.75, 3.05) is 0 Å². The van der Waals surface area contributed by atoms with E-state index < -0.39 is 6.10 Å². The molecular weight excluding hydrogens is 180 g/mol. The number of nitrogens with two attached hydrogens (primary N) is 1. The Kier molecular flexibility index (Phi) is 3.34. The van der Waals surface area contributed by atoms with Gasteiger partial charge in [0.25, 0.3) is 0 Å². The molecule has 0 heterocycles. The van der Waals surface area contributed by atoms with Crippen LogP contribution in [0.2, 0.25) is 0 Å². The molecule has 0 saturated heterocycles. The third-order valence-corrected chi connectivity index (χ3v) is 1.87. The minimum absolute atomic E-state index is 0.0607. The van der Waals surface area contributed by atoms with Crippen molar-refractivity contribution in [3.63, 3.8) is 0 Å². The highest BCUT2D eigenvalue weighted by Crippen LogP contribution is 2.13.